The van der Waals surface area contributed by atoms with Crippen LogP contribution in [0.4, 0.5) is 10.5 Å². The Balaban J connectivity index is 1.71. The third-order valence-electron chi connectivity index (χ3n) is 4.45. The van der Waals surface area contributed by atoms with E-state index < -0.39 is 6.10 Å². The van der Waals surface area contributed by atoms with Crippen LogP contribution in [0.15, 0.2) is 73.1 Å². The van der Waals surface area contributed by atoms with Crippen LogP contribution in [-0.2, 0) is 11.3 Å². The lowest BCUT2D eigenvalue weighted by molar-refractivity contribution is -0.107. The summed E-state index contributed by atoms with van der Waals surface area (Å²) in [7, 11) is 0. The van der Waals surface area contributed by atoms with E-state index in [1.165, 1.54) is 4.90 Å². The van der Waals surface area contributed by atoms with Crippen LogP contribution in [0.5, 0.6) is 0 Å². The lowest BCUT2D eigenvalue weighted by Gasteiger charge is -2.17. The van der Waals surface area contributed by atoms with Crippen LogP contribution in [0.1, 0.15) is 11.7 Å². The molecule has 0 saturated carbocycles. The Morgan fingerprint density at radius 2 is 1.81 bits per heavy atom. The summed E-state index contributed by atoms with van der Waals surface area (Å²) in [5.74, 6) is 0. The molecule has 1 N–H and O–H groups in total. The van der Waals surface area contributed by atoms with E-state index in [4.69, 9.17) is 0 Å². The molecule has 4 rings (SSSR count). The molecule has 1 unspecified atom stereocenters. The molecule has 1 saturated heterocycles. The van der Waals surface area contributed by atoms with E-state index in [0.29, 0.717) is 24.0 Å². The zero-order valence-electron chi connectivity index (χ0n) is 13.8. The second-order valence-corrected chi connectivity index (χ2v) is 6.97. The average molecular weight is 364 g/mol. The van der Waals surface area contributed by atoms with Gasteiger partial charge in [-0.15, -0.1) is 0 Å². The van der Waals surface area contributed by atoms with Crippen molar-refractivity contribution < 1.29 is 14.7 Å². The first kappa shape index (κ1) is 16.6. The zero-order chi connectivity index (χ0) is 18.3. The van der Waals surface area contributed by atoms with Gasteiger partial charge in [0.15, 0.2) is 0 Å². The molecule has 1 aromatic heterocycles. The second kappa shape index (κ2) is 6.48. The molecule has 0 spiro atoms. The third kappa shape index (κ3) is 2.73. The number of hydrogen-bond donors (Lipinski definition) is 1. The fourth-order valence-electron chi connectivity index (χ4n) is 3.16. The number of anilines is 1. The first-order chi connectivity index (χ1) is 12.6. The first-order valence-corrected chi connectivity index (χ1v) is 8.94. The fraction of sp³-hybridized carbons (Fsp3) is 0.100. The SMILES string of the molecule is C=C1C(=O)SC(=O)N1c1cccc2c1ccn2CC(O)c1ccccc1. The van der Waals surface area contributed by atoms with Gasteiger partial charge in [-0.2, -0.15) is 0 Å². The van der Waals surface area contributed by atoms with Crippen molar-refractivity contribution in [2.24, 2.45) is 0 Å². The van der Waals surface area contributed by atoms with Crippen molar-refractivity contribution >= 4 is 38.7 Å². The summed E-state index contributed by atoms with van der Waals surface area (Å²) in [5, 5.41) is 10.7. The minimum absolute atomic E-state index is 0.171. The highest BCUT2D eigenvalue weighted by Gasteiger charge is 2.35. The lowest BCUT2D eigenvalue weighted by atomic mass is 10.1. The number of rotatable bonds is 4. The molecule has 26 heavy (non-hydrogen) atoms. The first-order valence-electron chi connectivity index (χ1n) is 8.12. The Morgan fingerprint density at radius 1 is 1.04 bits per heavy atom. The van der Waals surface area contributed by atoms with Gasteiger partial charge in [0.05, 0.1) is 29.5 Å². The van der Waals surface area contributed by atoms with Crippen LogP contribution in [0, 0.1) is 0 Å². The smallest absolute Gasteiger partial charge is 0.298 e. The van der Waals surface area contributed by atoms with E-state index in [9.17, 15) is 14.7 Å². The van der Waals surface area contributed by atoms with Crippen molar-refractivity contribution in [3.63, 3.8) is 0 Å². The van der Waals surface area contributed by atoms with Crippen molar-refractivity contribution in [3.05, 3.63) is 78.6 Å². The molecule has 3 aromatic rings. The van der Waals surface area contributed by atoms with Crippen LogP contribution in [0.3, 0.4) is 0 Å². The summed E-state index contributed by atoms with van der Waals surface area (Å²) >= 11 is 0.657. The van der Waals surface area contributed by atoms with Gasteiger partial charge in [0.2, 0.25) is 5.12 Å². The summed E-state index contributed by atoms with van der Waals surface area (Å²) < 4.78 is 1.94. The molecule has 0 aliphatic carbocycles. The number of benzene rings is 2. The van der Waals surface area contributed by atoms with Crippen molar-refractivity contribution in [1.29, 1.82) is 0 Å². The molecule has 5 nitrogen and oxygen atoms in total. The number of aliphatic hydroxyl groups excluding tert-OH is 1. The Labute approximate surface area is 154 Å². The summed E-state index contributed by atoms with van der Waals surface area (Å²) in [4.78, 5) is 25.3. The molecule has 6 heteroatoms. The lowest BCUT2D eigenvalue weighted by Crippen LogP contribution is -2.20. The summed E-state index contributed by atoms with van der Waals surface area (Å²) in [6.07, 6.45) is 1.23. The van der Waals surface area contributed by atoms with Crippen LogP contribution < -0.4 is 4.90 Å². The van der Waals surface area contributed by atoms with Crippen molar-refractivity contribution in [2.45, 2.75) is 12.6 Å². The predicted molar refractivity (Wildman–Crippen MR) is 103 cm³/mol. The minimum atomic E-state index is -0.643. The van der Waals surface area contributed by atoms with Gasteiger partial charge in [0.25, 0.3) is 5.24 Å². The quantitative estimate of drug-likeness (QED) is 0.709. The molecule has 2 aromatic carbocycles. The third-order valence-corrected chi connectivity index (χ3v) is 5.23. The summed E-state index contributed by atoms with van der Waals surface area (Å²) in [6, 6.07) is 16.9. The number of fused-ring (bicyclic) bond motifs is 1. The highest BCUT2D eigenvalue weighted by molar-refractivity contribution is 8.27. The highest BCUT2D eigenvalue weighted by atomic mass is 32.2. The summed E-state index contributed by atoms with van der Waals surface area (Å²) in [6.45, 7) is 4.12. The normalized spacial score (nSPS) is 15.9. The van der Waals surface area contributed by atoms with Crippen molar-refractivity contribution in [1.82, 2.24) is 4.57 Å². The van der Waals surface area contributed by atoms with Gasteiger partial charge in [0.1, 0.15) is 0 Å². The molecule has 2 heterocycles. The van der Waals surface area contributed by atoms with E-state index in [0.717, 1.165) is 16.5 Å². The Bertz CT molecular complexity index is 1030. The van der Waals surface area contributed by atoms with E-state index in [-0.39, 0.29) is 16.1 Å². The topological polar surface area (TPSA) is 62.5 Å². The molecule has 0 bridgehead atoms. The van der Waals surface area contributed by atoms with E-state index in [1.807, 2.05) is 59.3 Å². The number of aromatic nitrogens is 1. The second-order valence-electron chi connectivity index (χ2n) is 6.04. The standard InChI is InChI=1S/C20H16N2O3S/c1-13-19(24)26-20(25)22(13)17-9-5-8-16-15(17)10-11-21(16)12-18(23)14-6-3-2-4-7-14/h2-11,18,23H,1,12H2. The molecule has 0 radical (unpaired) electrons. The zero-order valence-corrected chi connectivity index (χ0v) is 14.6. The number of thioether (sulfide) groups is 1. The maximum absolute atomic E-state index is 12.2. The molecule has 130 valence electrons. The summed E-state index contributed by atoms with van der Waals surface area (Å²) in [5.41, 5.74) is 2.52. The average Bonchev–Trinajstić information content (AvgIpc) is 3.16. The maximum atomic E-state index is 12.2. The number of nitrogens with zero attached hydrogens (tertiary/aromatic N) is 2. The number of carbonyl (C=O) groups is 2. The molecular weight excluding hydrogens is 348 g/mol. The highest BCUT2D eigenvalue weighted by Crippen LogP contribution is 2.37. The molecular formula is C20H16N2O3S. The Kier molecular flexibility index (Phi) is 4.14. The largest absolute Gasteiger partial charge is 0.387 e. The van der Waals surface area contributed by atoms with Crippen molar-refractivity contribution in [3.8, 4) is 0 Å². The van der Waals surface area contributed by atoms with Gasteiger partial charge in [-0.1, -0.05) is 43.0 Å². The number of aliphatic hydroxyl groups is 1. The number of carbonyl (C=O) groups excluding carboxylic acids is 2. The Morgan fingerprint density at radius 3 is 2.50 bits per heavy atom. The number of hydrogen-bond acceptors (Lipinski definition) is 4. The van der Waals surface area contributed by atoms with Crippen molar-refractivity contribution in [2.75, 3.05) is 4.90 Å². The minimum Gasteiger partial charge on any atom is -0.387 e. The monoisotopic (exact) mass is 364 g/mol. The predicted octanol–water partition coefficient (Wildman–Crippen LogP) is 4.09. The molecule has 1 atom stereocenters. The van der Waals surface area contributed by atoms with Crippen LogP contribution in [0.2, 0.25) is 0 Å². The van der Waals surface area contributed by atoms with Gasteiger partial charge in [-0.05, 0) is 23.8 Å². The van der Waals surface area contributed by atoms with Gasteiger partial charge in [-0.25, -0.2) is 0 Å². The van der Waals surface area contributed by atoms with Crippen LogP contribution in [0.25, 0.3) is 10.9 Å². The molecule has 1 amide bonds. The van der Waals surface area contributed by atoms with E-state index in [1.54, 1.807) is 6.07 Å². The van der Waals surface area contributed by atoms with E-state index >= 15 is 0 Å². The van der Waals surface area contributed by atoms with Gasteiger partial charge in [0, 0.05) is 23.3 Å². The molecule has 1 fully saturated rings. The number of amides is 1. The van der Waals surface area contributed by atoms with Gasteiger partial charge in [-0.3, -0.25) is 14.5 Å². The maximum Gasteiger partial charge on any atom is 0.298 e. The van der Waals surface area contributed by atoms with Crippen LogP contribution >= 0.6 is 11.8 Å². The fourth-order valence-corrected chi connectivity index (χ4v) is 3.82. The van der Waals surface area contributed by atoms with Crippen LogP contribution in [-0.4, -0.2) is 20.0 Å². The Hall–Kier alpha value is -2.83. The van der Waals surface area contributed by atoms with Gasteiger partial charge >= 0.3 is 0 Å². The van der Waals surface area contributed by atoms with Gasteiger partial charge < -0.3 is 9.67 Å². The molecule has 1 aliphatic heterocycles. The molecule has 1 aliphatic rings. The van der Waals surface area contributed by atoms with E-state index in [2.05, 4.69) is 6.58 Å².